The Bertz CT molecular complexity index is 882. The number of rotatable bonds is 9. The van der Waals surface area contributed by atoms with E-state index in [9.17, 15) is 9.59 Å². The van der Waals surface area contributed by atoms with Gasteiger partial charge in [0.15, 0.2) is 0 Å². The molecule has 0 saturated heterocycles. The number of carbonyl (C=O) groups excluding carboxylic acids is 2. The lowest BCUT2D eigenvalue weighted by molar-refractivity contribution is 0.0756. The number of nitrogens with one attached hydrogen (secondary N) is 2. The molecule has 0 saturated carbocycles. The zero-order valence-electron chi connectivity index (χ0n) is 18.7. The van der Waals surface area contributed by atoms with Crippen molar-refractivity contribution in [1.29, 1.82) is 0 Å². The first-order valence-electron chi connectivity index (χ1n) is 9.79. The molecule has 30 heavy (non-hydrogen) atoms. The van der Waals surface area contributed by atoms with Gasteiger partial charge in [-0.15, -0.1) is 0 Å². The van der Waals surface area contributed by atoms with Crippen LogP contribution in [0.3, 0.4) is 0 Å². The monoisotopic (exact) mass is 412 g/mol. The first-order valence-corrected chi connectivity index (χ1v) is 9.79. The van der Waals surface area contributed by atoms with Gasteiger partial charge in [0.1, 0.15) is 0 Å². The van der Waals surface area contributed by atoms with Gasteiger partial charge in [-0.1, -0.05) is 12.1 Å². The predicted octanol–water partition coefficient (Wildman–Crippen LogP) is 2.38. The minimum Gasteiger partial charge on any atom is -0.382 e. The van der Waals surface area contributed by atoms with E-state index in [1.165, 1.54) is 0 Å². The number of amides is 2. The Hall–Kier alpha value is -3.06. The van der Waals surface area contributed by atoms with Crippen LogP contribution < -0.4 is 20.4 Å². The van der Waals surface area contributed by atoms with Gasteiger partial charge in [-0.3, -0.25) is 9.59 Å². The summed E-state index contributed by atoms with van der Waals surface area (Å²) < 4.78 is 5.31. The Morgan fingerprint density at radius 2 is 1.40 bits per heavy atom. The zero-order valence-corrected chi connectivity index (χ0v) is 18.7. The largest absolute Gasteiger partial charge is 0.382 e. The Labute approximate surface area is 179 Å². The van der Waals surface area contributed by atoms with Crippen LogP contribution in [0.25, 0.3) is 0 Å². The van der Waals surface area contributed by atoms with Crippen LogP contribution >= 0.6 is 0 Å². The highest BCUT2D eigenvalue weighted by molar-refractivity contribution is 5.96. The molecule has 162 valence electrons. The lowest BCUT2D eigenvalue weighted by Crippen LogP contribution is -2.56. The molecule has 0 aliphatic rings. The smallest absolute Gasteiger partial charge is 0.251 e. The van der Waals surface area contributed by atoms with Gasteiger partial charge in [-0.2, -0.15) is 0 Å². The van der Waals surface area contributed by atoms with Gasteiger partial charge < -0.3 is 25.2 Å². The van der Waals surface area contributed by atoms with Gasteiger partial charge in [-0.05, 0) is 43.3 Å². The quantitative estimate of drug-likeness (QED) is 0.662. The average molecular weight is 413 g/mol. The maximum absolute atomic E-state index is 12.8. The highest BCUT2D eigenvalue weighted by atomic mass is 16.5. The zero-order chi connectivity index (χ0) is 22.3. The molecule has 0 fully saturated rings. The fourth-order valence-electron chi connectivity index (χ4n) is 3.02. The van der Waals surface area contributed by atoms with Crippen LogP contribution in [0.4, 0.5) is 11.4 Å². The van der Waals surface area contributed by atoms with E-state index in [2.05, 4.69) is 10.6 Å². The third-order valence-electron chi connectivity index (χ3n) is 4.77. The number of hydrogen-bond donors (Lipinski definition) is 2. The second kappa shape index (κ2) is 10.1. The van der Waals surface area contributed by atoms with Crippen molar-refractivity contribution < 1.29 is 14.3 Å². The summed E-state index contributed by atoms with van der Waals surface area (Å²) in [5.74, 6) is -0.424. The first kappa shape index (κ1) is 23.2. The van der Waals surface area contributed by atoms with Crippen LogP contribution in [0.2, 0.25) is 0 Å². The Balaban J connectivity index is 2.10. The molecule has 2 aromatic carbocycles. The molecule has 1 unspecified atom stereocenters. The number of ether oxygens (including phenoxy) is 1. The molecule has 1 atom stereocenters. The summed E-state index contributed by atoms with van der Waals surface area (Å²) in [7, 11) is 9.26. The number of benzene rings is 2. The normalized spacial score (nSPS) is 12.6. The van der Waals surface area contributed by atoms with Gasteiger partial charge in [0.2, 0.25) is 0 Å². The van der Waals surface area contributed by atoms with E-state index in [-0.39, 0.29) is 25.0 Å². The lowest BCUT2D eigenvalue weighted by Gasteiger charge is -2.30. The first-order chi connectivity index (χ1) is 14.1. The van der Waals surface area contributed by atoms with E-state index in [1.54, 1.807) is 19.2 Å². The molecule has 0 spiro atoms. The topological polar surface area (TPSA) is 73.9 Å². The molecule has 0 aliphatic heterocycles. The molecule has 0 radical (unpaired) electrons. The third kappa shape index (κ3) is 6.22. The van der Waals surface area contributed by atoms with Crippen molar-refractivity contribution in [2.24, 2.45) is 0 Å². The molecular weight excluding hydrogens is 380 g/mol. The van der Waals surface area contributed by atoms with Crippen molar-refractivity contribution in [3.05, 3.63) is 59.7 Å². The predicted molar refractivity (Wildman–Crippen MR) is 122 cm³/mol. The molecule has 0 heterocycles. The van der Waals surface area contributed by atoms with Crippen LogP contribution in [0.1, 0.15) is 27.6 Å². The van der Waals surface area contributed by atoms with Crippen molar-refractivity contribution in [3.63, 3.8) is 0 Å². The van der Waals surface area contributed by atoms with Gasteiger partial charge in [0.25, 0.3) is 11.8 Å². The summed E-state index contributed by atoms with van der Waals surface area (Å²) in [6.45, 7) is 2.33. The number of methoxy groups -OCH3 is 1. The molecular formula is C23H32N4O3. The summed E-state index contributed by atoms with van der Waals surface area (Å²) in [5.41, 5.74) is 2.22. The standard InChI is InChI=1S/C23H32N4O3/c1-23(16-30-6,25-22(29)18-10-8-12-20(14-18)27(4)5)15-24-21(28)17-9-7-11-19(13-17)26(2)3/h7-14H,15-16H2,1-6H3,(H,24,28)(H,25,29). The third-order valence-corrected chi connectivity index (χ3v) is 4.77. The van der Waals surface area contributed by atoms with Crippen LogP contribution in [0.5, 0.6) is 0 Å². The van der Waals surface area contributed by atoms with Crippen LogP contribution in [-0.4, -0.2) is 65.8 Å². The van der Waals surface area contributed by atoms with E-state index >= 15 is 0 Å². The van der Waals surface area contributed by atoms with Gasteiger partial charge in [0, 0.05) is 64.3 Å². The van der Waals surface area contributed by atoms with Crippen molar-refractivity contribution in [2.45, 2.75) is 12.5 Å². The molecule has 0 bridgehead atoms. The van der Waals surface area contributed by atoms with E-state index in [0.717, 1.165) is 11.4 Å². The van der Waals surface area contributed by atoms with Crippen molar-refractivity contribution >= 4 is 23.2 Å². The second-order valence-corrected chi connectivity index (χ2v) is 8.02. The van der Waals surface area contributed by atoms with Crippen molar-refractivity contribution in [2.75, 3.05) is 58.3 Å². The highest BCUT2D eigenvalue weighted by Crippen LogP contribution is 2.16. The summed E-state index contributed by atoms with van der Waals surface area (Å²) in [6, 6.07) is 14.8. The summed E-state index contributed by atoms with van der Waals surface area (Å²) in [4.78, 5) is 29.4. The SMILES string of the molecule is COCC(C)(CNC(=O)c1cccc(N(C)C)c1)NC(=O)c1cccc(N(C)C)c1. The number of nitrogens with zero attached hydrogens (tertiary/aromatic N) is 2. The molecule has 0 aliphatic carbocycles. The van der Waals surface area contributed by atoms with Crippen molar-refractivity contribution in [3.8, 4) is 0 Å². The Morgan fingerprint density at radius 1 is 0.900 bits per heavy atom. The number of hydrogen-bond acceptors (Lipinski definition) is 5. The highest BCUT2D eigenvalue weighted by Gasteiger charge is 2.28. The average Bonchev–Trinajstić information content (AvgIpc) is 2.72. The van der Waals surface area contributed by atoms with Crippen molar-refractivity contribution in [1.82, 2.24) is 10.6 Å². The maximum atomic E-state index is 12.8. The molecule has 7 heteroatoms. The number of anilines is 2. The summed E-state index contributed by atoms with van der Waals surface area (Å²) in [6.07, 6.45) is 0. The summed E-state index contributed by atoms with van der Waals surface area (Å²) in [5, 5.41) is 5.92. The second-order valence-electron chi connectivity index (χ2n) is 8.02. The molecule has 7 nitrogen and oxygen atoms in total. The van der Waals surface area contributed by atoms with Crippen LogP contribution in [0, 0.1) is 0 Å². The van der Waals surface area contributed by atoms with E-state index in [4.69, 9.17) is 4.74 Å². The Morgan fingerprint density at radius 3 is 1.87 bits per heavy atom. The van der Waals surface area contributed by atoms with Gasteiger partial charge in [-0.25, -0.2) is 0 Å². The van der Waals surface area contributed by atoms with Gasteiger partial charge >= 0.3 is 0 Å². The van der Waals surface area contributed by atoms with E-state index < -0.39 is 5.54 Å². The minimum absolute atomic E-state index is 0.204. The maximum Gasteiger partial charge on any atom is 0.251 e. The van der Waals surface area contributed by atoms with E-state index in [0.29, 0.717) is 11.1 Å². The van der Waals surface area contributed by atoms with Crippen LogP contribution in [0.15, 0.2) is 48.5 Å². The molecule has 2 N–H and O–H groups in total. The van der Waals surface area contributed by atoms with E-state index in [1.807, 2.05) is 81.3 Å². The molecule has 0 aromatic heterocycles. The molecule has 2 rings (SSSR count). The van der Waals surface area contributed by atoms with Gasteiger partial charge in [0.05, 0.1) is 12.1 Å². The fourth-order valence-corrected chi connectivity index (χ4v) is 3.02. The molecule has 2 aromatic rings. The Kier molecular flexibility index (Phi) is 7.83. The fraction of sp³-hybridized carbons (Fsp3) is 0.391. The number of carbonyl (C=O) groups is 2. The lowest BCUT2D eigenvalue weighted by atomic mass is 10.0. The summed E-state index contributed by atoms with van der Waals surface area (Å²) >= 11 is 0. The minimum atomic E-state index is -0.769. The van der Waals surface area contributed by atoms with Crippen LogP contribution in [-0.2, 0) is 4.74 Å². The molecule has 2 amide bonds.